The highest BCUT2D eigenvalue weighted by Gasteiger charge is 2.23. The molecule has 0 fully saturated rings. The van der Waals surface area contributed by atoms with E-state index in [1.54, 1.807) is 6.92 Å². The van der Waals surface area contributed by atoms with Gasteiger partial charge in [-0.1, -0.05) is 13.3 Å². The van der Waals surface area contributed by atoms with Gasteiger partial charge in [-0.3, -0.25) is 24.1 Å². The number of ether oxygens (including phenoxy) is 1. The Hall–Kier alpha value is -2.90. The van der Waals surface area contributed by atoms with Crippen molar-refractivity contribution in [2.24, 2.45) is 0 Å². The lowest BCUT2D eigenvalue weighted by Gasteiger charge is -2.16. The van der Waals surface area contributed by atoms with E-state index in [1.165, 1.54) is 29.4 Å². The fourth-order valence-corrected chi connectivity index (χ4v) is 2.32. The molecule has 0 saturated carbocycles. The van der Waals surface area contributed by atoms with Crippen LogP contribution in [0.5, 0.6) is 0 Å². The molecular weight excluding hydrogens is 328 g/mol. The summed E-state index contributed by atoms with van der Waals surface area (Å²) in [6.07, 6.45) is 7.60. The first kappa shape index (κ1) is 18.4. The number of rotatable bonds is 9. The molecule has 0 radical (unpaired) electrons. The fourth-order valence-electron chi connectivity index (χ4n) is 2.32. The monoisotopic (exact) mass is 348 g/mol. The number of imide groups is 1. The van der Waals surface area contributed by atoms with Crippen molar-refractivity contribution in [1.29, 1.82) is 0 Å². The molecule has 25 heavy (non-hydrogen) atoms. The first-order valence-corrected chi connectivity index (χ1v) is 8.12. The number of ketones is 1. The number of carbonyl (C=O) groups is 4. The molecule has 0 unspecified atom stereocenters. The van der Waals surface area contributed by atoms with Crippen molar-refractivity contribution in [1.82, 2.24) is 10.4 Å². The first-order valence-electron chi connectivity index (χ1n) is 8.12. The molecule has 0 aromatic rings. The van der Waals surface area contributed by atoms with Crippen molar-refractivity contribution < 1.29 is 28.8 Å². The Labute approximate surface area is 145 Å². The van der Waals surface area contributed by atoms with Gasteiger partial charge in [-0.05, 0) is 18.9 Å². The predicted octanol–water partition coefficient (Wildman–Crippen LogP) is 1.25. The van der Waals surface area contributed by atoms with Crippen LogP contribution in [0.25, 0.3) is 0 Å². The van der Waals surface area contributed by atoms with E-state index in [-0.39, 0.29) is 41.9 Å². The number of carbonyl (C=O) groups excluding carboxylic acids is 4. The van der Waals surface area contributed by atoms with Gasteiger partial charge < -0.3 is 9.57 Å². The number of Topliss-reactive ketones (excluding diaryl/α,β-unsaturated/α-hetero) is 1. The molecule has 0 spiro atoms. The van der Waals surface area contributed by atoms with Gasteiger partial charge in [0.15, 0.2) is 5.78 Å². The van der Waals surface area contributed by atoms with Crippen LogP contribution >= 0.6 is 0 Å². The molecule has 8 nitrogen and oxygen atoms in total. The first-order chi connectivity index (χ1) is 12.0. The molecular formula is C17H20N2O6. The number of hydroxylamine groups is 1. The fraction of sp³-hybridized carbons (Fsp3) is 0.412. The number of unbranched alkanes of at least 4 members (excludes halogenated alkanes) is 2. The second-order valence-electron chi connectivity index (χ2n) is 5.49. The summed E-state index contributed by atoms with van der Waals surface area (Å²) in [5, 5.41) is 0. The van der Waals surface area contributed by atoms with E-state index in [0.717, 1.165) is 0 Å². The average Bonchev–Trinajstić information content (AvgIpc) is 2.93. The molecule has 0 bridgehead atoms. The van der Waals surface area contributed by atoms with Crippen LogP contribution in [0.2, 0.25) is 0 Å². The third kappa shape index (κ3) is 5.03. The lowest BCUT2D eigenvalue weighted by atomic mass is 10.0. The van der Waals surface area contributed by atoms with Gasteiger partial charge in [0, 0.05) is 31.5 Å². The molecule has 8 heteroatoms. The summed E-state index contributed by atoms with van der Waals surface area (Å²) >= 11 is 0. The number of hydrogen-bond acceptors (Lipinski definition) is 7. The Kier molecular flexibility index (Phi) is 6.50. The lowest BCUT2D eigenvalue weighted by Crippen LogP contribution is -2.30. The Bertz CT molecular complexity index is 644. The van der Waals surface area contributed by atoms with Crippen LogP contribution < -0.4 is 5.48 Å². The highest BCUT2D eigenvalue weighted by atomic mass is 16.7. The van der Waals surface area contributed by atoms with Crippen LogP contribution in [0.4, 0.5) is 0 Å². The highest BCUT2D eigenvalue weighted by molar-refractivity contribution is 6.12. The van der Waals surface area contributed by atoms with E-state index in [9.17, 15) is 19.2 Å². The second-order valence-corrected chi connectivity index (χ2v) is 5.49. The van der Waals surface area contributed by atoms with Crippen LogP contribution in [-0.2, 0) is 28.8 Å². The number of nitrogens with zero attached hydrogens (tertiary/aromatic N) is 1. The number of hydrogen-bond donors (Lipinski definition) is 1. The number of amides is 2. The summed E-state index contributed by atoms with van der Waals surface area (Å²) < 4.78 is 5.04. The molecule has 2 aliphatic heterocycles. The van der Waals surface area contributed by atoms with Gasteiger partial charge in [0.05, 0.1) is 5.57 Å². The molecule has 2 rings (SSSR count). The van der Waals surface area contributed by atoms with E-state index in [1.807, 2.05) is 0 Å². The predicted molar refractivity (Wildman–Crippen MR) is 86.1 cm³/mol. The van der Waals surface area contributed by atoms with Gasteiger partial charge in [-0.25, -0.2) is 0 Å². The van der Waals surface area contributed by atoms with Gasteiger partial charge in [0.2, 0.25) is 5.88 Å². The minimum Gasteiger partial charge on any atom is -0.406 e. The molecule has 0 atom stereocenters. The molecule has 2 amide bonds. The number of nitrogens with one attached hydrogen (secondary N) is 1. The third-order valence-electron chi connectivity index (χ3n) is 3.69. The van der Waals surface area contributed by atoms with Crippen molar-refractivity contribution in [2.75, 3.05) is 6.54 Å². The molecule has 0 saturated heterocycles. The smallest absolute Gasteiger partial charge is 0.312 e. The minimum atomic E-state index is -0.472. The van der Waals surface area contributed by atoms with Crippen LogP contribution in [-0.4, -0.2) is 35.0 Å². The summed E-state index contributed by atoms with van der Waals surface area (Å²) in [6, 6.07) is 0. The van der Waals surface area contributed by atoms with Crippen molar-refractivity contribution in [3.05, 3.63) is 35.9 Å². The van der Waals surface area contributed by atoms with Crippen molar-refractivity contribution in [2.45, 2.75) is 39.0 Å². The normalized spacial score (nSPS) is 16.1. The minimum absolute atomic E-state index is 0.00122. The number of allylic oxidation sites excluding steroid dienone is 2. The summed E-state index contributed by atoms with van der Waals surface area (Å²) in [6.45, 7) is 1.99. The van der Waals surface area contributed by atoms with Crippen LogP contribution in [0.15, 0.2) is 35.9 Å². The zero-order chi connectivity index (χ0) is 18.2. The maximum absolute atomic E-state index is 12.3. The zero-order valence-corrected chi connectivity index (χ0v) is 13.9. The topological polar surface area (TPSA) is 102 Å². The molecule has 2 heterocycles. The summed E-state index contributed by atoms with van der Waals surface area (Å²) in [5.41, 5.74) is 2.66. The largest absolute Gasteiger partial charge is 0.406 e. The van der Waals surface area contributed by atoms with Crippen LogP contribution in [0.3, 0.4) is 0 Å². The maximum atomic E-state index is 12.3. The van der Waals surface area contributed by atoms with E-state index < -0.39 is 5.97 Å². The second kappa shape index (κ2) is 8.81. The summed E-state index contributed by atoms with van der Waals surface area (Å²) in [7, 11) is 0. The molecule has 1 N–H and O–H groups in total. The van der Waals surface area contributed by atoms with E-state index in [2.05, 4.69) is 5.48 Å². The van der Waals surface area contributed by atoms with E-state index in [0.29, 0.717) is 25.8 Å². The molecule has 0 aromatic heterocycles. The Morgan fingerprint density at radius 2 is 1.84 bits per heavy atom. The zero-order valence-electron chi connectivity index (χ0n) is 13.9. The van der Waals surface area contributed by atoms with Gasteiger partial charge in [0.1, 0.15) is 6.26 Å². The summed E-state index contributed by atoms with van der Waals surface area (Å²) in [5.74, 6) is -1.25. The lowest BCUT2D eigenvalue weighted by molar-refractivity contribution is -0.142. The third-order valence-corrected chi connectivity index (χ3v) is 3.69. The maximum Gasteiger partial charge on any atom is 0.312 e. The highest BCUT2D eigenvalue weighted by Crippen LogP contribution is 2.16. The Morgan fingerprint density at radius 1 is 1.12 bits per heavy atom. The van der Waals surface area contributed by atoms with Gasteiger partial charge >= 0.3 is 5.97 Å². The standard InChI is InChI=1S/C17H20N2O6/c1-2-16(23)25-17-12(9-11-24-18-17)13(20)6-4-3-5-10-19-14(21)7-8-15(19)22/h7-9,11,18H,2-6,10H2,1H3. The Balaban J connectivity index is 1.77. The number of esters is 1. The summed E-state index contributed by atoms with van der Waals surface area (Å²) in [4.78, 5) is 52.5. The molecule has 134 valence electrons. The van der Waals surface area contributed by atoms with Gasteiger partial charge in [-0.15, -0.1) is 0 Å². The van der Waals surface area contributed by atoms with Crippen LogP contribution in [0, 0.1) is 0 Å². The van der Waals surface area contributed by atoms with Crippen LogP contribution in [0.1, 0.15) is 39.0 Å². The van der Waals surface area contributed by atoms with Crippen molar-refractivity contribution >= 4 is 23.6 Å². The van der Waals surface area contributed by atoms with Crippen molar-refractivity contribution in [3.63, 3.8) is 0 Å². The SMILES string of the molecule is CCC(=O)OC1=C(C(=O)CCCCCN2C(=O)C=CC2=O)C=CON1. The molecule has 0 aromatic carbocycles. The van der Waals surface area contributed by atoms with E-state index in [4.69, 9.17) is 9.57 Å². The van der Waals surface area contributed by atoms with Gasteiger partial charge in [0.25, 0.3) is 11.8 Å². The Morgan fingerprint density at radius 3 is 2.52 bits per heavy atom. The van der Waals surface area contributed by atoms with Gasteiger partial charge in [-0.2, -0.15) is 5.48 Å². The quantitative estimate of drug-likeness (QED) is 0.380. The average molecular weight is 348 g/mol. The molecule has 0 aliphatic carbocycles. The van der Waals surface area contributed by atoms with Crippen molar-refractivity contribution in [3.8, 4) is 0 Å². The van der Waals surface area contributed by atoms with E-state index >= 15 is 0 Å². The molecule has 2 aliphatic rings.